The summed E-state index contributed by atoms with van der Waals surface area (Å²) in [6.07, 6.45) is 8.34. The summed E-state index contributed by atoms with van der Waals surface area (Å²) < 4.78 is 0. The molecule has 0 aliphatic rings. The zero-order valence-corrected chi connectivity index (χ0v) is 8.46. The summed E-state index contributed by atoms with van der Waals surface area (Å²) in [6, 6.07) is 3.66. The van der Waals surface area contributed by atoms with Crippen molar-refractivity contribution in [2.75, 3.05) is 0 Å². The van der Waals surface area contributed by atoms with Gasteiger partial charge in [-0.2, -0.15) is 0 Å². The average Bonchev–Trinajstić information content (AvgIpc) is 2.21. The van der Waals surface area contributed by atoms with Crippen molar-refractivity contribution in [1.82, 2.24) is 10.4 Å². The van der Waals surface area contributed by atoms with Crippen LogP contribution in [0.25, 0.3) is 0 Å². The minimum absolute atomic E-state index is 0.0378. The summed E-state index contributed by atoms with van der Waals surface area (Å²) in [5, 5.41) is 0.474. The molecule has 0 radical (unpaired) electrons. The second-order valence-electron chi connectivity index (χ2n) is 2.88. The summed E-state index contributed by atoms with van der Waals surface area (Å²) in [5.74, 6) is 7.98. The van der Waals surface area contributed by atoms with Crippen LogP contribution in [0.15, 0.2) is 18.3 Å². The maximum absolute atomic E-state index is 5.67. The van der Waals surface area contributed by atoms with Crippen molar-refractivity contribution in [3.8, 4) is 12.3 Å². The first-order valence-corrected chi connectivity index (χ1v) is 4.66. The molecular weight excluding hydrogens is 198 g/mol. The number of nitrogens with one attached hydrogen (secondary N) is 1. The summed E-state index contributed by atoms with van der Waals surface area (Å²) in [5.41, 5.74) is 3.69. The molecule has 1 rings (SSSR count). The van der Waals surface area contributed by atoms with E-state index in [9.17, 15) is 0 Å². The smallest absolute Gasteiger partial charge is 0.129 e. The van der Waals surface area contributed by atoms with E-state index in [2.05, 4.69) is 16.3 Å². The number of nitrogens with two attached hydrogens (primary N) is 1. The van der Waals surface area contributed by atoms with E-state index in [4.69, 9.17) is 23.9 Å². The van der Waals surface area contributed by atoms with Crippen LogP contribution in [0.1, 0.15) is 24.4 Å². The Balaban J connectivity index is 2.69. The van der Waals surface area contributed by atoms with Crippen LogP contribution in [-0.2, 0) is 0 Å². The van der Waals surface area contributed by atoms with Crippen molar-refractivity contribution in [3.63, 3.8) is 0 Å². The molecule has 1 atom stereocenters. The van der Waals surface area contributed by atoms with E-state index in [0.29, 0.717) is 11.6 Å². The molecular formula is C10H12ClN3. The maximum atomic E-state index is 5.67. The van der Waals surface area contributed by atoms with Crippen molar-refractivity contribution >= 4 is 11.6 Å². The quantitative estimate of drug-likeness (QED) is 0.343. The van der Waals surface area contributed by atoms with Crippen molar-refractivity contribution in [2.45, 2.75) is 18.9 Å². The molecule has 0 fully saturated rings. The molecule has 0 bridgehead atoms. The Morgan fingerprint density at radius 3 is 2.93 bits per heavy atom. The highest BCUT2D eigenvalue weighted by molar-refractivity contribution is 6.29. The van der Waals surface area contributed by atoms with E-state index >= 15 is 0 Å². The molecule has 0 spiro atoms. The Morgan fingerprint density at radius 2 is 2.43 bits per heavy atom. The van der Waals surface area contributed by atoms with Gasteiger partial charge in [0.05, 0.1) is 0 Å². The first kappa shape index (κ1) is 11.0. The van der Waals surface area contributed by atoms with Gasteiger partial charge in [0.2, 0.25) is 0 Å². The molecule has 14 heavy (non-hydrogen) atoms. The molecule has 1 unspecified atom stereocenters. The van der Waals surface area contributed by atoms with Gasteiger partial charge in [-0.25, -0.2) is 4.98 Å². The van der Waals surface area contributed by atoms with Crippen molar-refractivity contribution in [3.05, 3.63) is 29.0 Å². The SMILES string of the molecule is C#CCCC(NN)c1ccc(Cl)nc1. The number of terminal acetylenes is 1. The third kappa shape index (κ3) is 3.00. The molecule has 0 saturated carbocycles. The molecule has 3 N–H and O–H groups in total. The van der Waals surface area contributed by atoms with Crippen LogP contribution in [0.2, 0.25) is 5.15 Å². The molecule has 0 amide bonds. The van der Waals surface area contributed by atoms with Crippen LogP contribution in [0.3, 0.4) is 0 Å². The fourth-order valence-corrected chi connectivity index (χ4v) is 1.28. The van der Waals surface area contributed by atoms with Gasteiger partial charge in [0, 0.05) is 18.7 Å². The van der Waals surface area contributed by atoms with Gasteiger partial charge in [-0.05, 0) is 18.1 Å². The van der Waals surface area contributed by atoms with E-state index in [1.54, 1.807) is 12.3 Å². The van der Waals surface area contributed by atoms with Crippen molar-refractivity contribution < 1.29 is 0 Å². The Bertz CT molecular complexity index is 315. The van der Waals surface area contributed by atoms with Crippen LogP contribution >= 0.6 is 11.6 Å². The fourth-order valence-electron chi connectivity index (χ4n) is 1.17. The van der Waals surface area contributed by atoms with E-state index in [1.165, 1.54) is 0 Å². The average molecular weight is 210 g/mol. The number of aromatic nitrogens is 1. The lowest BCUT2D eigenvalue weighted by Gasteiger charge is -2.14. The predicted octanol–water partition coefficient (Wildman–Crippen LogP) is 1.65. The molecule has 0 aromatic carbocycles. The van der Waals surface area contributed by atoms with Gasteiger partial charge in [0.25, 0.3) is 0 Å². The van der Waals surface area contributed by atoms with Gasteiger partial charge in [0.15, 0.2) is 0 Å². The second kappa shape index (κ2) is 5.61. The number of rotatable bonds is 4. The lowest BCUT2D eigenvalue weighted by molar-refractivity contribution is 0.522. The third-order valence-electron chi connectivity index (χ3n) is 1.93. The van der Waals surface area contributed by atoms with Crippen molar-refractivity contribution in [1.29, 1.82) is 0 Å². The minimum Gasteiger partial charge on any atom is -0.271 e. The molecule has 1 aromatic rings. The van der Waals surface area contributed by atoms with Crippen LogP contribution in [0, 0.1) is 12.3 Å². The minimum atomic E-state index is 0.0378. The summed E-state index contributed by atoms with van der Waals surface area (Å²) >= 11 is 5.67. The number of hydrogen-bond acceptors (Lipinski definition) is 3. The van der Waals surface area contributed by atoms with Gasteiger partial charge in [-0.3, -0.25) is 11.3 Å². The van der Waals surface area contributed by atoms with E-state index in [1.807, 2.05) is 6.07 Å². The zero-order chi connectivity index (χ0) is 10.4. The largest absolute Gasteiger partial charge is 0.271 e. The monoisotopic (exact) mass is 209 g/mol. The van der Waals surface area contributed by atoms with Crippen LogP contribution in [0.4, 0.5) is 0 Å². The number of hydrazine groups is 1. The third-order valence-corrected chi connectivity index (χ3v) is 2.15. The van der Waals surface area contributed by atoms with Gasteiger partial charge in [-0.15, -0.1) is 12.3 Å². The number of pyridine rings is 1. The summed E-state index contributed by atoms with van der Waals surface area (Å²) in [6.45, 7) is 0. The Kier molecular flexibility index (Phi) is 4.41. The Morgan fingerprint density at radius 1 is 1.64 bits per heavy atom. The topological polar surface area (TPSA) is 50.9 Å². The predicted molar refractivity (Wildman–Crippen MR) is 57.4 cm³/mol. The normalized spacial score (nSPS) is 12.1. The molecule has 0 saturated heterocycles. The first-order chi connectivity index (χ1) is 6.77. The molecule has 3 nitrogen and oxygen atoms in total. The Labute approximate surface area is 88.6 Å². The molecule has 4 heteroatoms. The maximum Gasteiger partial charge on any atom is 0.129 e. The molecule has 0 aliphatic carbocycles. The Hall–Kier alpha value is -1.08. The van der Waals surface area contributed by atoms with Gasteiger partial charge in [0.1, 0.15) is 5.15 Å². The first-order valence-electron chi connectivity index (χ1n) is 4.29. The van der Waals surface area contributed by atoms with Crippen LogP contribution < -0.4 is 11.3 Å². The number of hydrogen-bond donors (Lipinski definition) is 2. The highest BCUT2D eigenvalue weighted by Crippen LogP contribution is 2.17. The van der Waals surface area contributed by atoms with Gasteiger partial charge in [-0.1, -0.05) is 17.7 Å². The standard InChI is InChI=1S/C10H12ClN3/c1-2-3-4-9(14-12)8-5-6-10(11)13-7-8/h1,5-7,9,14H,3-4,12H2. The fraction of sp³-hybridized carbons (Fsp3) is 0.300. The highest BCUT2D eigenvalue weighted by Gasteiger charge is 2.08. The second-order valence-corrected chi connectivity index (χ2v) is 3.26. The molecule has 74 valence electrons. The number of nitrogens with zero attached hydrogens (tertiary/aromatic N) is 1. The van der Waals surface area contributed by atoms with E-state index in [-0.39, 0.29) is 6.04 Å². The summed E-state index contributed by atoms with van der Waals surface area (Å²) in [4.78, 5) is 3.97. The van der Waals surface area contributed by atoms with Crippen molar-refractivity contribution in [2.24, 2.45) is 5.84 Å². The summed E-state index contributed by atoms with van der Waals surface area (Å²) in [7, 11) is 0. The van der Waals surface area contributed by atoms with Gasteiger partial charge >= 0.3 is 0 Å². The van der Waals surface area contributed by atoms with Gasteiger partial charge < -0.3 is 0 Å². The molecule has 1 heterocycles. The highest BCUT2D eigenvalue weighted by atomic mass is 35.5. The molecule has 0 aliphatic heterocycles. The van der Waals surface area contributed by atoms with E-state index in [0.717, 1.165) is 12.0 Å². The van der Waals surface area contributed by atoms with E-state index < -0.39 is 0 Å². The lowest BCUT2D eigenvalue weighted by atomic mass is 10.1. The molecule has 1 aromatic heterocycles. The lowest BCUT2D eigenvalue weighted by Crippen LogP contribution is -2.27. The zero-order valence-electron chi connectivity index (χ0n) is 7.70. The van der Waals surface area contributed by atoms with Crippen LogP contribution in [0.5, 0.6) is 0 Å². The number of halogens is 1. The van der Waals surface area contributed by atoms with Crippen LogP contribution in [-0.4, -0.2) is 4.98 Å².